The Kier molecular flexibility index (Phi) is 4.77. The second-order valence-corrected chi connectivity index (χ2v) is 4.59. The van der Waals surface area contributed by atoms with E-state index in [-0.39, 0.29) is 12.3 Å². The number of aryl methyl sites for hydroxylation is 1. The zero-order valence-electron chi connectivity index (χ0n) is 12.3. The van der Waals surface area contributed by atoms with Gasteiger partial charge in [0.05, 0.1) is 20.6 Å². The number of hydrogen-bond donors (Lipinski definition) is 1. The van der Waals surface area contributed by atoms with Gasteiger partial charge in [0.15, 0.2) is 0 Å². The van der Waals surface area contributed by atoms with Gasteiger partial charge in [0.2, 0.25) is 5.91 Å². The predicted octanol–water partition coefficient (Wildman–Crippen LogP) is 2.59. The Morgan fingerprint density at radius 3 is 2.67 bits per heavy atom. The van der Waals surface area contributed by atoms with Crippen molar-refractivity contribution in [2.24, 2.45) is 0 Å². The summed E-state index contributed by atoms with van der Waals surface area (Å²) in [6.45, 7) is 1.88. The van der Waals surface area contributed by atoms with E-state index < -0.39 is 0 Å². The van der Waals surface area contributed by atoms with Gasteiger partial charge in [-0.05, 0) is 37.3 Å². The fraction of sp³-hybridized carbons (Fsp3) is 0.250. The summed E-state index contributed by atoms with van der Waals surface area (Å²) < 4.78 is 10.4. The van der Waals surface area contributed by atoms with E-state index in [0.717, 1.165) is 16.9 Å². The average Bonchev–Trinajstić information content (AvgIpc) is 2.47. The van der Waals surface area contributed by atoms with Crippen LogP contribution >= 0.6 is 0 Å². The first kappa shape index (κ1) is 14.8. The van der Waals surface area contributed by atoms with E-state index >= 15 is 0 Å². The lowest BCUT2D eigenvalue weighted by atomic mass is 10.1. The topological polar surface area (TPSA) is 60.5 Å². The molecule has 0 bridgehead atoms. The maximum absolute atomic E-state index is 12.1. The summed E-state index contributed by atoms with van der Waals surface area (Å²) >= 11 is 0. The normalized spacial score (nSPS) is 10.0. The van der Waals surface area contributed by atoms with Crippen LogP contribution in [0.5, 0.6) is 11.5 Å². The van der Waals surface area contributed by atoms with Crippen molar-refractivity contribution in [1.29, 1.82) is 0 Å². The van der Waals surface area contributed by atoms with Crippen LogP contribution in [0.1, 0.15) is 11.3 Å². The fourth-order valence-corrected chi connectivity index (χ4v) is 2.02. The van der Waals surface area contributed by atoms with E-state index in [0.29, 0.717) is 11.5 Å². The molecule has 1 aromatic heterocycles. The number of anilines is 1. The molecule has 0 aliphatic carbocycles. The number of carbonyl (C=O) groups is 1. The minimum absolute atomic E-state index is 0.118. The van der Waals surface area contributed by atoms with Gasteiger partial charge in [-0.15, -0.1) is 0 Å². The lowest BCUT2D eigenvalue weighted by molar-refractivity contribution is -0.115. The lowest BCUT2D eigenvalue weighted by Crippen LogP contribution is -2.15. The van der Waals surface area contributed by atoms with Crippen LogP contribution in [0, 0.1) is 6.92 Å². The first-order valence-electron chi connectivity index (χ1n) is 6.56. The molecule has 1 N–H and O–H groups in total. The van der Waals surface area contributed by atoms with Crippen LogP contribution in [0.3, 0.4) is 0 Å². The molecule has 1 amide bonds. The number of methoxy groups -OCH3 is 2. The molecule has 0 aliphatic rings. The molecule has 0 spiro atoms. The van der Waals surface area contributed by atoms with E-state index in [1.165, 1.54) is 0 Å². The van der Waals surface area contributed by atoms with Crippen LogP contribution in [-0.2, 0) is 11.2 Å². The molecule has 0 fully saturated rings. The number of carbonyl (C=O) groups excluding carboxylic acids is 1. The molecule has 110 valence electrons. The van der Waals surface area contributed by atoms with Gasteiger partial charge in [0, 0.05) is 23.1 Å². The molecule has 5 heteroatoms. The molecule has 0 saturated carbocycles. The summed E-state index contributed by atoms with van der Waals surface area (Å²) in [5.41, 5.74) is 2.36. The highest BCUT2D eigenvalue weighted by molar-refractivity contribution is 5.92. The van der Waals surface area contributed by atoms with Crippen LogP contribution in [0.2, 0.25) is 0 Å². The van der Waals surface area contributed by atoms with Gasteiger partial charge in [0.1, 0.15) is 11.5 Å². The maximum atomic E-state index is 12.1. The monoisotopic (exact) mass is 286 g/mol. The molecule has 0 unspecified atom stereocenters. The van der Waals surface area contributed by atoms with Crippen molar-refractivity contribution in [3.63, 3.8) is 0 Å². The zero-order chi connectivity index (χ0) is 15.2. The van der Waals surface area contributed by atoms with Crippen molar-refractivity contribution in [3.8, 4) is 11.5 Å². The highest BCUT2D eigenvalue weighted by Gasteiger charge is 2.10. The Morgan fingerprint density at radius 2 is 2.00 bits per heavy atom. The summed E-state index contributed by atoms with van der Waals surface area (Å²) in [6, 6.07) is 8.97. The molecule has 0 atom stereocenters. The number of amides is 1. The number of nitrogens with zero attached hydrogens (tertiary/aromatic N) is 1. The molecule has 0 saturated heterocycles. The molecule has 0 aliphatic heterocycles. The molecule has 1 heterocycles. The number of pyridine rings is 1. The van der Waals surface area contributed by atoms with Crippen molar-refractivity contribution < 1.29 is 14.3 Å². The second-order valence-electron chi connectivity index (χ2n) is 4.59. The van der Waals surface area contributed by atoms with Gasteiger partial charge in [-0.25, -0.2) is 0 Å². The van der Waals surface area contributed by atoms with Crippen molar-refractivity contribution in [2.75, 3.05) is 19.5 Å². The van der Waals surface area contributed by atoms with Crippen LogP contribution in [0.4, 0.5) is 5.69 Å². The minimum Gasteiger partial charge on any atom is -0.497 e. The lowest BCUT2D eigenvalue weighted by Gasteiger charge is -2.11. The predicted molar refractivity (Wildman–Crippen MR) is 80.9 cm³/mol. The number of benzene rings is 1. The number of rotatable bonds is 5. The first-order valence-corrected chi connectivity index (χ1v) is 6.56. The summed E-state index contributed by atoms with van der Waals surface area (Å²) in [5, 5.41) is 2.84. The van der Waals surface area contributed by atoms with E-state index in [9.17, 15) is 4.79 Å². The Morgan fingerprint density at radius 1 is 1.19 bits per heavy atom. The van der Waals surface area contributed by atoms with E-state index in [1.54, 1.807) is 44.7 Å². The van der Waals surface area contributed by atoms with Crippen molar-refractivity contribution >= 4 is 11.6 Å². The molecule has 2 aromatic rings. The Balaban J connectivity index is 2.12. The number of nitrogens with one attached hydrogen (secondary N) is 1. The van der Waals surface area contributed by atoms with E-state index in [2.05, 4.69) is 10.3 Å². The molecule has 21 heavy (non-hydrogen) atoms. The van der Waals surface area contributed by atoms with E-state index in [4.69, 9.17) is 9.47 Å². The SMILES string of the molecule is COc1ccc(OC)c(CC(=O)Nc2ccnc(C)c2)c1. The van der Waals surface area contributed by atoms with Crippen LogP contribution in [0.15, 0.2) is 36.5 Å². The Hall–Kier alpha value is -2.56. The summed E-state index contributed by atoms with van der Waals surface area (Å²) in [7, 11) is 3.17. The van der Waals surface area contributed by atoms with Crippen LogP contribution < -0.4 is 14.8 Å². The summed E-state index contributed by atoms with van der Waals surface area (Å²) in [5.74, 6) is 1.24. The third-order valence-electron chi connectivity index (χ3n) is 3.02. The fourth-order valence-electron chi connectivity index (χ4n) is 2.02. The third kappa shape index (κ3) is 3.95. The summed E-state index contributed by atoms with van der Waals surface area (Å²) in [6.07, 6.45) is 1.87. The first-order chi connectivity index (χ1) is 10.1. The zero-order valence-corrected chi connectivity index (χ0v) is 12.3. The highest BCUT2D eigenvalue weighted by atomic mass is 16.5. The van der Waals surface area contributed by atoms with Crippen molar-refractivity contribution in [3.05, 3.63) is 47.8 Å². The maximum Gasteiger partial charge on any atom is 0.228 e. The molecule has 5 nitrogen and oxygen atoms in total. The molecular weight excluding hydrogens is 268 g/mol. The van der Waals surface area contributed by atoms with Gasteiger partial charge < -0.3 is 14.8 Å². The third-order valence-corrected chi connectivity index (χ3v) is 3.02. The average molecular weight is 286 g/mol. The van der Waals surface area contributed by atoms with Gasteiger partial charge >= 0.3 is 0 Å². The molecule has 2 rings (SSSR count). The van der Waals surface area contributed by atoms with Gasteiger partial charge in [-0.3, -0.25) is 9.78 Å². The minimum atomic E-state index is -0.118. The highest BCUT2D eigenvalue weighted by Crippen LogP contribution is 2.24. The Bertz CT molecular complexity index is 641. The largest absolute Gasteiger partial charge is 0.497 e. The number of ether oxygens (including phenoxy) is 2. The van der Waals surface area contributed by atoms with E-state index in [1.807, 2.05) is 13.0 Å². The number of aromatic nitrogens is 1. The quantitative estimate of drug-likeness (QED) is 0.917. The standard InChI is InChI=1S/C16H18N2O3/c1-11-8-13(6-7-17-11)18-16(19)10-12-9-14(20-2)4-5-15(12)21-3/h4-9H,10H2,1-3H3,(H,17,18,19). The van der Waals surface area contributed by atoms with Gasteiger partial charge in [-0.1, -0.05) is 0 Å². The van der Waals surface area contributed by atoms with Crippen molar-refractivity contribution in [2.45, 2.75) is 13.3 Å². The smallest absolute Gasteiger partial charge is 0.228 e. The molecule has 1 aromatic carbocycles. The second kappa shape index (κ2) is 6.74. The van der Waals surface area contributed by atoms with Crippen LogP contribution in [0.25, 0.3) is 0 Å². The summed E-state index contributed by atoms with van der Waals surface area (Å²) in [4.78, 5) is 16.2. The number of hydrogen-bond acceptors (Lipinski definition) is 4. The van der Waals surface area contributed by atoms with Crippen molar-refractivity contribution in [1.82, 2.24) is 4.98 Å². The Labute approximate surface area is 123 Å². The van der Waals surface area contributed by atoms with Gasteiger partial charge in [0.25, 0.3) is 0 Å². The molecule has 0 radical (unpaired) electrons. The van der Waals surface area contributed by atoms with Crippen LogP contribution in [-0.4, -0.2) is 25.1 Å². The molecular formula is C16H18N2O3. The van der Waals surface area contributed by atoms with Gasteiger partial charge in [-0.2, -0.15) is 0 Å².